The number of hydrogen-bond donors (Lipinski definition) is 1. The molecule has 35 heavy (non-hydrogen) atoms. The van der Waals surface area contributed by atoms with E-state index in [0.717, 1.165) is 68.4 Å². The van der Waals surface area contributed by atoms with E-state index >= 15 is 4.39 Å². The Morgan fingerprint density at radius 1 is 1.17 bits per heavy atom. The number of ether oxygens (including phenoxy) is 1. The van der Waals surface area contributed by atoms with Crippen molar-refractivity contribution in [2.75, 3.05) is 19.6 Å². The number of nitrogens with zero attached hydrogens (tertiary/aromatic N) is 1. The molecular weight excluding hydrogens is 439 g/mol. The van der Waals surface area contributed by atoms with Gasteiger partial charge in [0.1, 0.15) is 11.9 Å². The van der Waals surface area contributed by atoms with E-state index in [9.17, 15) is 4.79 Å². The molecule has 3 fully saturated rings. The van der Waals surface area contributed by atoms with Gasteiger partial charge < -0.3 is 10.1 Å². The van der Waals surface area contributed by atoms with Gasteiger partial charge >= 0.3 is 6.09 Å². The summed E-state index contributed by atoms with van der Waals surface area (Å²) in [7, 11) is 0. The van der Waals surface area contributed by atoms with Crippen molar-refractivity contribution in [3.63, 3.8) is 0 Å². The summed E-state index contributed by atoms with van der Waals surface area (Å²) in [4.78, 5) is 15.4. The van der Waals surface area contributed by atoms with Crippen molar-refractivity contribution < 1.29 is 13.9 Å². The number of carbonyl (C=O) groups is 1. The van der Waals surface area contributed by atoms with E-state index in [1.165, 1.54) is 5.56 Å². The van der Waals surface area contributed by atoms with E-state index in [4.69, 9.17) is 4.74 Å². The summed E-state index contributed by atoms with van der Waals surface area (Å²) >= 11 is 0. The molecule has 4 nitrogen and oxygen atoms in total. The van der Waals surface area contributed by atoms with Gasteiger partial charge in [-0.1, -0.05) is 52.0 Å². The number of aryl methyl sites for hydroxylation is 1. The highest BCUT2D eigenvalue weighted by atomic mass is 19.1. The molecule has 0 unspecified atom stereocenters. The molecule has 2 aromatic carbocycles. The number of rotatable bonds is 5. The number of amides is 1. The molecule has 2 bridgehead atoms. The lowest BCUT2D eigenvalue weighted by atomic mass is 9.70. The molecule has 5 heteroatoms. The van der Waals surface area contributed by atoms with Crippen LogP contribution in [0.3, 0.4) is 0 Å². The third kappa shape index (κ3) is 5.11. The van der Waals surface area contributed by atoms with Gasteiger partial charge in [0, 0.05) is 12.1 Å². The standard InChI is InChI=1S/C30H39FN2O2/c1-19(2)15-20-5-7-21(8-6-20)24-16-23-9-12-30(3,4)28(25(23)17-26(24)31)32-29(34)35-27-18-33-13-10-22(27)11-14-33/h5-8,16-17,19,22,27-28H,9-15,18H2,1-4H3,(H,32,34)/t27-,28-/m0/s1. The summed E-state index contributed by atoms with van der Waals surface area (Å²) in [6.45, 7) is 11.7. The zero-order chi connectivity index (χ0) is 24.7. The second-order valence-corrected chi connectivity index (χ2v) is 12.0. The smallest absolute Gasteiger partial charge is 0.407 e. The summed E-state index contributed by atoms with van der Waals surface area (Å²) in [6, 6.07) is 11.6. The van der Waals surface area contributed by atoms with Crippen LogP contribution in [0.15, 0.2) is 36.4 Å². The molecule has 188 valence electrons. The maximum absolute atomic E-state index is 15.5. The van der Waals surface area contributed by atoms with Gasteiger partial charge in [0.05, 0.1) is 6.04 Å². The minimum absolute atomic E-state index is 0.0403. The van der Waals surface area contributed by atoms with Gasteiger partial charge in [0.25, 0.3) is 0 Å². The van der Waals surface area contributed by atoms with Gasteiger partial charge in [-0.25, -0.2) is 9.18 Å². The average Bonchev–Trinajstić information content (AvgIpc) is 2.82. The van der Waals surface area contributed by atoms with Crippen LogP contribution < -0.4 is 5.32 Å². The summed E-state index contributed by atoms with van der Waals surface area (Å²) in [5, 5.41) is 3.14. The summed E-state index contributed by atoms with van der Waals surface area (Å²) in [6.07, 6.45) is 4.59. The number of halogens is 1. The van der Waals surface area contributed by atoms with Crippen LogP contribution in [-0.4, -0.2) is 36.7 Å². The first kappa shape index (κ1) is 24.3. The predicted molar refractivity (Wildman–Crippen MR) is 138 cm³/mol. The van der Waals surface area contributed by atoms with E-state index in [-0.39, 0.29) is 29.5 Å². The summed E-state index contributed by atoms with van der Waals surface area (Å²) in [5.74, 6) is 0.812. The Kier molecular flexibility index (Phi) is 6.65. The van der Waals surface area contributed by atoms with Gasteiger partial charge in [-0.15, -0.1) is 0 Å². The van der Waals surface area contributed by atoms with Crippen LogP contribution in [0.4, 0.5) is 9.18 Å². The minimum atomic E-state index is -0.375. The topological polar surface area (TPSA) is 41.6 Å². The van der Waals surface area contributed by atoms with Crippen LogP contribution in [0.1, 0.15) is 69.7 Å². The van der Waals surface area contributed by atoms with Crippen LogP contribution in [-0.2, 0) is 17.6 Å². The van der Waals surface area contributed by atoms with Gasteiger partial charge in [0.15, 0.2) is 0 Å². The number of hydrogen-bond acceptors (Lipinski definition) is 3. The molecule has 2 atom stereocenters. The number of nitrogens with one attached hydrogen (secondary N) is 1. The summed E-state index contributed by atoms with van der Waals surface area (Å²) in [5.41, 5.74) is 4.61. The van der Waals surface area contributed by atoms with E-state index in [1.54, 1.807) is 6.07 Å². The monoisotopic (exact) mass is 478 g/mol. The lowest BCUT2D eigenvalue weighted by Crippen LogP contribution is -2.53. The molecule has 4 aliphatic rings. The normalized spacial score (nSPS) is 26.9. The Hall–Kier alpha value is -2.40. The van der Waals surface area contributed by atoms with E-state index in [1.807, 2.05) is 18.2 Å². The zero-order valence-electron chi connectivity index (χ0n) is 21.6. The second kappa shape index (κ2) is 9.57. The minimum Gasteiger partial charge on any atom is -0.445 e. The molecule has 3 heterocycles. The molecule has 1 aliphatic carbocycles. The first-order valence-corrected chi connectivity index (χ1v) is 13.3. The van der Waals surface area contributed by atoms with Crippen LogP contribution >= 0.6 is 0 Å². The van der Waals surface area contributed by atoms with Crippen molar-refractivity contribution in [2.24, 2.45) is 17.3 Å². The third-order valence-electron chi connectivity index (χ3n) is 8.39. The van der Waals surface area contributed by atoms with Crippen LogP contribution in [0, 0.1) is 23.1 Å². The molecule has 0 spiro atoms. The largest absolute Gasteiger partial charge is 0.445 e. The Balaban J connectivity index is 1.36. The van der Waals surface area contributed by atoms with Gasteiger partial charge in [-0.05, 0) is 96.8 Å². The van der Waals surface area contributed by atoms with E-state index in [2.05, 4.69) is 50.0 Å². The van der Waals surface area contributed by atoms with Crippen molar-refractivity contribution >= 4 is 6.09 Å². The Bertz CT molecular complexity index is 1070. The van der Waals surface area contributed by atoms with E-state index in [0.29, 0.717) is 17.4 Å². The molecule has 3 saturated heterocycles. The number of benzene rings is 2. The number of carbonyl (C=O) groups excluding carboxylic acids is 1. The molecule has 3 aliphatic heterocycles. The maximum Gasteiger partial charge on any atom is 0.407 e. The number of alkyl carbamates (subject to hydrolysis) is 1. The van der Waals surface area contributed by atoms with Crippen LogP contribution in [0.25, 0.3) is 11.1 Å². The molecule has 1 N–H and O–H groups in total. The highest BCUT2D eigenvalue weighted by Crippen LogP contribution is 2.45. The van der Waals surface area contributed by atoms with Gasteiger partial charge in [-0.3, -0.25) is 4.90 Å². The first-order valence-electron chi connectivity index (χ1n) is 13.3. The predicted octanol–water partition coefficient (Wildman–Crippen LogP) is 6.53. The molecule has 6 rings (SSSR count). The quantitative estimate of drug-likeness (QED) is 0.532. The Morgan fingerprint density at radius 2 is 1.89 bits per heavy atom. The van der Waals surface area contributed by atoms with Crippen molar-refractivity contribution in [1.82, 2.24) is 10.2 Å². The first-order chi connectivity index (χ1) is 16.7. The fourth-order valence-electron chi connectivity index (χ4n) is 6.26. The molecular formula is C30H39FN2O2. The lowest BCUT2D eigenvalue weighted by Gasteiger charge is -2.44. The molecule has 1 amide bonds. The van der Waals surface area contributed by atoms with Crippen molar-refractivity contribution in [3.8, 4) is 11.1 Å². The molecule has 2 aromatic rings. The fraction of sp³-hybridized carbons (Fsp3) is 0.567. The Labute approximate surface area is 209 Å². The highest BCUT2D eigenvalue weighted by molar-refractivity contribution is 5.70. The van der Waals surface area contributed by atoms with Crippen LogP contribution in [0.5, 0.6) is 0 Å². The van der Waals surface area contributed by atoms with Gasteiger partial charge in [0.2, 0.25) is 0 Å². The highest BCUT2D eigenvalue weighted by Gasteiger charge is 2.40. The average molecular weight is 479 g/mol. The van der Waals surface area contributed by atoms with Gasteiger partial charge in [-0.2, -0.15) is 0 Å². The molecule has 0 radical (unpaired) electrons. The Morgan fingerprint density at radius 3 is 2.51 bits per heavy atom. The zero-order valence-corrected chi connectivity index (χ0v) is 21.6. The van der Waals surface area contributed by atoms with E-state index < -0.39 is 0 Å². The van der Waals surface area contributed by atoms with Crippen LogP contribution in [0.2, 0.25) is 0 Å². The molecule has 0 aromatic heterocycles. The number of piperidine rings is 3. The molecule has 0 saturated carbocycles. The SMILES string of the molecule is CC(C)Cc1ccc(-c2cc3c(cc2F)[C@H](NC(=O)O[C@H]2CN4CCC2CC4)C(C)(C)CC3)cc1. The van der Waals surface area contributed by atoms with Crippen molar-refractivity contribution in [2.45, 2.75) is 71.9 Å². The summed E-state index contributed by atoms with van der Waals surface area (Å²) < 4.78 is 21.4. The van der Waals surface area contributed by atoms with Crippen molar-refractivity contribution in [1.29, 1.82) is 0 Å². The fourth-order valence-corrected chi connectivity index (χ4v) is 6.26. The maximum atomic E-state index is 15.5. The lowest BCUT2D eigenvalue weighted by molar-refractivity contribution is -0.0353. The van der Waals surface area contributed by atoms with Crippen molar-refractivity contribution in [3.05, 3.63) is 58.9 Å². The number of fused-ring (bicyclic) bond motifs is 4. The third-order valence-corrected chi connectivity index (χ3v) is 8.39. The second-order valence-electron chi connectivity index (χ2n) is 12.0.